The molecular formula is C68H84F10N10O7S. The van der Waals surface area contributed by atoms with E-state index in [0.717, 1.165) is 17.7 Å². The molecule has 96 heavy (non-hydrogen) atoms. The Balaban J connectivity index is 0.000000170. The van der Waals surface area contributed by atoms with E-state index in [4.69, 9.17) is 4.74 Å². The Morgan fingerprint density at radius 3 is 1.46 bits per heavy atom. The number of alkyl halides is 9. The van der Waals surface area contributed by atoms with Crippen molar-refractivity contribution in [1.82, 2.24) is 48.2 Å². The average Bonchev–Trinajstić information content (AvgIpc) is 1.69. The van der Waals surface area contributed by atoms with Crippen LogP contribution in [0.4, 0.5) is 43.9 Å². The molecule has 17 nitrogen and oxygen atoms in total. The number of aliphatic hydroxyl groups is 1. The van der Waals surface area contributed by atoms with Gasteiger partial charge in [0.05, 0.1) is 38.8 Å². The quantitative estimate of drug-likeness (QED) is 0.118. The van der Waals surface area contributed by atoms with Gasteiger partial charge in [-0.3, -0.25) is 24.2 Å². The van der Waals surface area contributed by atoms with E-state index in [0.29, 0.717) is 143 Å². The number of piperidine rings is 3. The van der Waals surface area contributed by atoms with Crippen molar-refractivity contribution < 1.29 is 78.0 Å². The van der Waals surface area contributed by atoms with Gasteiger partial charge in [0.1, 0.15) is 28.6 Å². The molecule has 28 heteroatoms. The average molecular weight is 1380 g/mol. The van der Waals surface area contributed by atoms with Crippen LogP contribution in [-0.4, -0.2) is 155 Å². The molecule has 0 saturated carbocycles. The molecule has 0 unspecified atom stereocenters. The first-order chi connectivity index (χ1) is 44.9. The second-order valence-corrected chi connectivity index (χ2v) is 28.2. The van der Waals surface area contributed by atoms with Gasteiger partial charge in [-0.2, -0.15) is 39.5 Å². The number of aryl methyl sites for hydroxylation is 1. The molecule has 6 aromatic rings. The van der Waals surface area contributed by atoms with Crippen LogP contribution >= 0.6 is 0 Å². The lowest BCUT2D eigenvalue weighted by atomic mass is 9.81. The summed E-state index contributed by atoms with van der Waals surface area (Å²) in [6.07, 6.45) is -10.2. The van der Waals surface area contributed by atoms with Crippen molar-refractivity contribution in [1.29, 1.82) is 0 Å². The summed E-state index contributed by atoms with van der Waals surface area (Å²) < 4.78 is 172. The molecule has 524 valence electrons. The number of halogens is 10. The maximum atomic E-state index is 14.5. The van der Waals surface area contributed by atoms with Crippen molar-refractivity contribution in [2.24, 2.45) is 0 Å². The van der Waals surface area contributed by atoms with E-state index in [9.17, 15) is 71.8 Å². The SMILES string of the molecule is CC(C)Oc1ccc(C(=O)N2CCC3(CC2)NCCn2c(C(F)(F)F)ccc23)c(F)c1.CCNS(=O)(=O)c1ccc(C(=O)N2CCC3(CC2)c2ccc(C(F)(F)F)n2CCN3C)cc1C.CN1CCn2c(C(F)(F)F)ccc2C12CCN(C(=O)c1ccc(C(C)(C)O)cc1)CC2.[HH]. The third-order valence-electron chi connectivity index (χ3n) is 19.9. The van der Waals surface area contributed by atoms with Crippen LogP contribution in [0.2, 0.25) is 0 Å². The summed E-state index contributed by atoms with van der Waals surface area (Å²) in [5, 5.41) is 13.5. The molecule has 3 N–H and O–H groups in total. The first-order valence-corrected chi connectivity index (χ1v) is 33.7. The number of sulfonamides is 1. The molecule has 6 aliphatic heterocycles. The van der Waals surface area contributed by atoms with E-state index in [1.54, 1.807) is 90.9 Å². The van der Waals surface area contributed by atoms with Gasteiger partial charge in [-0.05, 0) is 177 Å². The Morgan fingerprint density at radius 2 is 1.02 bits per heavy atom. The van der Waals surface area contributed by atoms with Gasteiger partial charge in [0.2, 0.25) is 10.0 Å². The summed E-state index contributed by atoms with van der Waals surface area (Å²) >= 11 is 0. The molecule has 0 atom stereocenters. The van der Waals surface area contributed by atoms with E-state index < -0.39 is 79.6 Å². The molecule has 3 aromatic heterocycles. The number of hydrogen-bond donors (Lipinski definition) is 3. The van der Waals surface area contributed by atoms with Crippen LogP contribution in [0.1, 0.15) is 151 Å². The smallest absolute Gasteiger partial charge is 0.431 e. The topological polar surface area (TPSA) is 170 Å². The van der Waals surface area contributed by atoms with Crippen molar-refractivity contribution in [2.75, 3.05) is 79.5 Å². The summed E-state index contributed by atoms with van der Waals surface area (Å²) in [6, 6.07) is 23.8. The monoisotopic (exact) mass is 1370 g/mol. The van der Waals surface area contributed by atoms with Gasteiger partial charge in [0.25, 0.3) is 17.7 Å². The number of amides is 3. The highest BCUT2D eigenvalue weighted by atomic mass is 32.2. The third-order valence-corrected chi connectivity index (χ3v) is 21.6. The minimum atomic E-state index is -4.41. The van der Waals surface area contributed by atoms with E-state index >= 15 is 0 Å². The molecule has 9 heterocycles. The summed E-state index contributed by atoms with van der Waals surface area (Å²) in [5.74, 6) is -1.03. The number of carbonyl (C=O) groups excluding carboxylic acids is 3. The van der Waals surface area contributed by atoms with Crippen LogP contribution < -0.4 is 14.8 Å². The highest BCUT2D eigenvalue weighted by Crippen LogP contribution is 2.47. The van der Waals surface area contributed by atoms with Crippen molar-refractivity contribution in [3.8, 4) is 5.75 Å². The van der Waals surface area contributed by atoms with E-state index in [1.807, 2.05) is 27.9 Å². The highest BCUT2D eigenvalue weighted by Gasteiger charge is 2.50. The fraction of sp³-hybridized carbons (Fsp3) is 0.515. The Labute approximate surface area is 553 Å². The number of ether oxygens (including phenoxy) is 1. The molecule has 0 bridgehead atoms. The van der Waals surface area contributed by atoms with Gasteiger partial charge in [0, 0.05) is 121 Å². The number of rotatable bonds is 9. The van der Waals surface area contributed by atoms with E-state index in [1.165, 1.54) is 50.1 Å². The minimum Gasteiger partial charge on any atom is -0.491 e. The molecule has 3 aromatic carbocycles. The second kappa shape index (κ2) is 26.9. The summed E-state index contributed by atoms with van der Waals surface area (Å²) in [5.41, 5.74) is -0.480. The van der Waals surface area contributed by atoms with Gasteiger partial charge in [-0.25, -0.2) is 17.5 Å². The Bertz CT molecular complexity index is 3950. The van der Waals surface area contributed by atoms with Crippen molar-refractivity contribution >= 4 is 27.7 Å². The number of fused-ring (bicyclic) bond motifs is 6. The highest BCUT2D eigenvalue weighted by molar-refractivity contribution is 7.89. The molecular weight excluding hydrogens is 1290 g/mol. The third kappa shape index (κ3) is 14.1. The Hall–Kier alpha value is -7.24. The fourth-order valence-corrected chi connectivity index (χ4v) is 16.1. The molecule has 3 saturated heterocycles. The summed E-state index contributed by atoms with van der Waals surface area (Å²) in [4.78, 5) is 48.4. The number of carbonyl (C=O) groups is 3. The maximum absolute atomic E-state index is 14.5. The number of hydrogen-bond acceptors (Lipinski definition) is 10. The Kier molecular flexibility index (Phi) is 20.0. The fourth-order valence-electron chi connectivity index (χ4n) is 14.8. The minimum absolute atomic E-state index is 0. The van der Waals surface area contributed by atoms with Crippen LogP contribution in [0, 0.1) is 12.7 Å². The zero-order chi connectivity index (χ0) is 69.9. The maximum Gasteiger partial charge on any atom is 0.431 e. The lowest BCUT2D eigenvalue weighted by Gasteiger charge is -2.50. The summed E-state index contributed by atoms with van der Waals surface area (Å²) in [7, 11) is 0.247. The van der Waals surface area contributed by atoms with Crippen LogP contribution in [0.3, 0.4) is 0 Å². The van der Waals surface area contributed by atoms with Crippen molar-refractivity contribution in [3.05, 3.63) is 165 Å². The van der Waals surface area contributed by atoms with Crippen LogP contribution in [0.15, 0.2) is 102 Å². The number of aromatic nitrogens is 3. The number of likely N-dealkylation sites (N-methyl/N-ethyl adjacent to an activating group) is 2. The number of likely N-dealkylation sites (tertiary alicyclic amines) is 3. The van der Waals surface area contributed by atoms with Crippen LogP contribution in [0.5, 0.6) is 5.75 Å². The zero-order valence-electron chi connectivity index (χ0n) is 54.9. The zero-order valence-corrected chi connectivity index (χ0v) is 55.7. The lowest BCUT2D eigenvalue weighted by molar-refractivity contribution is -0.145. The van der Waals surface area contributed by atoms with Crippen molar-refractivity contribution in [3.63, 3.8) is 0 Å². The summed E-state index contributed by atoms with van der Waals surface area (Å²) in [6.45, 7) is 15.3. The van der Waals surface area contributed by atoms with Gasteiger partial charge in [0.15, 0.2) is 0 Å². The largest absolute Gasteiger partial charge is 0.491 e. The first kappa shape index (κ1) is 71.5. The molecule has 3 fully saturated rings. The second-order valence-electron chi connectivity index (χ2n) is 26.5. The number of nitrogens with one attached hydrogen (secondary N) is 2. The number of nitrogens with zero attached hydrogens (tertiary/aromatic N) is 8. The van der Waals surface area contributed by atoms with Gasteiger partial charge in [-0.1, -0.05) is 19.1 Å². The predicted octanol–water partition coefficient (Wildman–Crippen LogP) is 11.4. The van der Waals surface area contributed by atoms with Crippen LogP contribution in [0.25, 0.3) is 0 Å². The molecule has 0 aliphatic carbocycles. The van der Waals surface area contributed by atoms with Gasteiger partial charge in [-0.15, -0.1) is 0 Å². The van der Waals surface area contributed by atoms with Crippen molar-refractivity contribution in [2.45, 2.75) is 151 Å². The first-order valence-electron chi connectivity index (χ1n) is 32.2. The van der Waals surface area contributed by atoms with Gasteiger partial charge >= 0.3 is 18.5 Å². The van der Waals surface area contributed by atoms with Crippen LogP contribution in [-0.2, 0) is 70.4 Å². The molecule has 6 aliphatic rings. The molecule has 0 radical (unpaired) electrons. The molecule has 3 spiro atoms. The molecule has 12 rings (SSSR count). The standard InChI is InChI=1S/C23H29F3N4O3S.C23H28F3N3O2.C22H25F4N3O2.H2/c1-4-27-34(32,33)18-6-5-17(15-16(18)2)21(31)29-11-9-22(10-12-29)19-7-8-20(23(24,25)26)30(19)14-13-28(22)3;1-21(2,31)17-6-4-16(5-7-17)20(30)28-12-10-22(11-13-28)18-8-9-19(23(24,25)26)29(18)15-14-27(22)3;1-14(2)31-15-3-4-16(17(23)13-15)20(30)28-10-7-21(8-11-28)18-5-6-19(22(24,25)26)29(18)12-9-27-21;/h5-8,15,27H,4,9-14H2,1-3H3;4-9,31H,10-15H2,1-3H3;3-6,13-14,27H,7-12H2,1-2H3;1H. The molecule has 3 amide bonds. The lowest BCUT2D eigenvalue weighted by Crippen LogP contribution is -2.56. The predicted molar refractivity (Wildman–Crippen MR) is 340 cm³/mol. The Morgan fingerprint density at radius 1 is 0.583 bits per heavy atom. The normalized spacial score (nSPS) is 18.9. The van der Waals surface area contributed by atoms with Gasteiger partial charge < -0.3 is 43.6 Å². The van der Waals surface area contributed by atoms with E-state index in [2.05, 4.69) is 19.8 Å². The van der Waals surface area contributed by atoms with E-state index in [-0.39, 0.29) is 49.4 Å². The number of benzene rings is 3.